The van der Waals surface area contributed by atoms with E-state index in [1.54, 1.807) is 0 Å². The number of aromatic carboxylic acids is 1. The van der Waals surface area contributed by atoms with Gasteiger partial charge in [0.05, 0.1) is 11.2 Å². The fourth-order valence-corrected chi connectivity index (χ4v) is 5.08. The van der Waals surface area contributed by atoms with Crippen molar-refractivity contribution in [3.8, 4) is 0 Å². The molecule has 2 aliphatic heterocycles. The molecule has 28 heavy (non-hydrogen) atoms. The molecule has 3 N–H and O–H groups in total. The van der Waals surface area contributed by atoms with Crippen LogP contribution in [0.4, 0.5) is 10.1 Å². The first-order valence-corrected chi connectivity index (χ1v) is 10.1. The zero-order chi connectivity index (χ0) is 19.6. The van der Waals surface area contributed by atoms with Crippen LogP contribution in [-0.2, 0) is 6.42 Å². The number of anilines is 1. The van der Waals surface area contributed by atoms with Crippen LogP contribution in [0.15, 0.2) is 17.1 Å². The van der Waals surface area contributed by atoms with E-state index in [1.165, 1.54) is 12.3 Å². The molecule has 1 aromatic heterocycles. The number of carboxylic acids is 1. The lowest BCUT2D eigenvalue weighted by Gasteiger charge is -2.34. The predicted octanol–water partition coefficient (Wildman–Crippen LogP) is 2.81. The zero-order valence-corrected chi connectivity index (χ0v) is 15.7. The van der Waals surface area contributed by atoms with Crippen molar-refractivity contribution >= 4 is 22.6 Å². The second kappa shape index (κ2) is 6.30. The third-order valence-electron chi connectivity index (χ3n) is 6.57. The minimum atomic E-state index is -1.26. The van der Waals surface area contributed by atoms with E-state index in [-0.39, 0.29) is 29.1 Å². The van der Waals surface area contributed by atoms with E-state index in [2.05, 4.69) is 4.90 Å². The summed E-state index contributed by atoms with van der Waals surface area (Å²) >= 11 is 0. The lowest BCUT2D eigenvalue weighted by molar-refractivity contribution is 0.0695. The highest BCUT2D eigenvalue weighted by Crippen LogP contribution is 2.43. The van der Waals surface area contributed by atoms with Gasteiger partial charge in [0.15, 0.2) is 0 Å². The molecule has 7 heteroatoms. The van der Waals surface area contributed by atoms with Gasteiger partial charge in [0.1, 0.15) is 11.4 Å². The smallest absolute Gasteiger partial charge is 0.341 e. The van der Waals surface area contributed by atoms with E-state index in [9.17, 15) is 14.7 Å². The number of carboxylic acid groups (broad SMARTS) is 1. The molecule has 5 rings (SSSR count). The summed E-state index contributed by atoms with van der Waals surface area (Å²) in [5.41, 5.74) is 7.56. The fourth-order valence-electron chi connectivity index (χ4n) is 5.08. The Morgan fingerprint density at radius 2 is 2.00 bits per heavy atom. The van der Waals surface area contributed by atoms with E-state index in [1.807, 2.05) is 4.57 Å². The molecule has 6 nitrogen and oxygen atoms in total. The molecule has 2 fully saturated rings. The second-order valence-corrected chi connectivity index (χ2v) is 8.36. The van der Waals surface area contributed by atoms with Crippen LogP contribution in [0.25, 0.3) is 10.9 Å². The lowest BCUT2D eigenvalue weighted by atomic mass is 9.93. The summed E-state index contributed by atoms with van der Waals surface area (Å²) in [5.74, 6) is -1.70. The summed E-state index contributed by atoms with van der Waals surface area (Å²) in [5, 5.41) is 9.65. The van der Waals surface area contributed by atoms with Gasteiger partial charge in [-0.1, -0.05) is 6.42 Å². The molecule has 0 radical (unpaired) electrons. The molecule has 2 aromatic rings. The second-order valence-electron chi connectivity index (χ2n) is 8.36. The SMILES string of the molecule is N[C@@H]1CCN2c3c(F)cc4c(=O)c(C(=O)O)cn(C5CC5)c4c3CCCC[C@H]12. The number of hydrogen-bond donors (Lipinski definition) is 2. The number of carbonyl (C=O) groups is 1. The Morgan fingerprint density at radius 1 is 1.21 bits per heavy atom. The molecule has 0 unspecified atom stereocenters. The van der Waals surface area contributed by atoms with Crippen molar-refractivity contribution in [3.63, 3.8) is 0 Å². The van der Waals surface area contributed by atoms with Gasteiger partial charge in [-0.25, -0.2) is 9.18 Å². The van der Waals surface area contributed by atoms with Crippen LogP contribution in [0.5, 0.6) is 0 Å². The summed E-state index contributed by atoms with van der Waals surface area (Å²) in [6, 6.07) is 1.58. The molecule has 148 valence electrons. The first-order chi connectivity index (χ1) is 13.5. The van der Waals surface area contributed by atoms with Gasteiger partial charge in [-0.05, 0) is 44.6 Å². The molecule has 1 aliphatic carbocycles. The zero-order valence-electron chi connectivity index (χ0n) is 15.7. The number of hydrogen-bond acceptors (Lipinski definition) is 4. The van der Waals surface area contributed by atoms with Crippen molar-refractivity contribution in [2.24, 2.45) is 5.73 Å². The van der Waals surface area contributed by atoms with E-state index < -0.39 is 17.2 Å². The molecule has 0 spiro atoms. The average molecular weight is 385 g/mol. The molecule has 2 atom stereocenters. The number of nitrogens with two attached hydrogens (primary N) is 1. The highest BCUT2D eigenvalue weighted by Gasteiger charge is 2.37. The van der Waals surface area contributed by atoms with Gasteiger partial charge in [-0.2, -0.15) is 0 Å². The standard InChI is InChI=1S/C21H24FN3O3/c22-15-9-13-18(25(11-5-6-11)10-14(20(13)26)21(27)28)12-3-1-2-4-17-16(23)7-8-24(17)19(12)15/h9-11,16-17H,1-8,23H2,(H,27,28)/t16-,17-/m1/s1. The lowest BCUT2D eigenvalue weighted by Crippen LogP contribution is -2.41. The van der Waals surface area contributed by atoms with Crippen molar-refractivity contribution in [2.75, 3.05) is 11.4 Å². The summed E-state index contributed by atoms with van der Waals surface area (Å²) in [7, 11) is 0. The van der Waals surface area contributed by atoms with E-state index in [0.717, 1.165) is 49.6 Å². The Kier molecular flexibility index (Phi) is 3.98. The van der Waals surface area contributed by atoms with Gasteiger partial charge in [-0.15, -0.1) is 0 Å². The van der Waals surface area contributed by atoms with Crippen molar-refractivity contribution in [1.82, 2.24) is 4.57 Å². The largest absolute Gasteiger partial charge is 0.477 e. The Hall–Kier alpha value is -2.41. The van der Waals surface area contributed by atoms with E-state index in [4.69, 9.17) is 5.73 Å². The topological polar surface area (TPSA) is 88.6 Å². The van der Waals surface area contributed by atoms with Crippen molar-refractivity contribution in [2.45, 2.75) is 63.1 Å². The Balaban J connectivity index is 1.85. The number of pyridine rings is 1. The molecular formula is C21H24FN3O3. The minimum Gasteiger partial charge on any atom is -0.477 e. The Morgan fingerprint density at radius 3 is 2.71 bits per heavy atom. The van der Waals surface area contributed by atoms with Crippen LogP contribution in [-0.4, -0.2) is 34.3 Å². The van der Waals surface area contributed by atoms with Gasteiger partial charge in [-0.3, -0.25) is 4.79 Å². The number of nitrogens with zero attached hydrogens (tertiary/aromatic N) is 2. The monoisotopic (exact) mass is 385 g/mol. The molecular weight excluding hydrogens is 361 g/mol. The van der Waals surface area contributed by atoms with E-state index in [0.29, 0.717) is 18.7 Å². The maximum Gasteiger partial charge on any atom is 0.341 e. The number of aromatic nitrogens is 1. The fraction of sp³-hybridized carbons (Fsp3) is 0.524. The summed E-state index contributed by atoms with van der Waals surface area (Å²) in [6.45, 7) is 0.710. The summed E-state index contributed by atoms with van der Waals surface area (Å²) in [4.78, 5) is 26.5. The molecule has 0 bridgehead atoms. The number of fused-ring (bicyclic) bond motifs is 5. The Bertz CT molecular complexity index is 1040. The van der Waals surface area contributed by atoms with Gasteiger partial charge in [0.25, 0.3) is 0 Å². The number of rotatable bonds is 2. The highest BCUT2D eigenvalue weighted by molar-refractivity contribution is 5.95. The maximum atomic E-state index is 15.4. The number of halogens is 1. The normalized spacial score (nSPS) is 24.6. The molecule has 0 amide bonds. The average Bonchev–Trinajstić information content (AvgIpc) is 3.41. The number of benzene rings is 1. The summed E-state index contributed by atoms with van der Waals surface area (Å²) < 4.78 is 17.3. The molecule has 3 heterocycles. The van der Waals surface area contributed by atoms with Crippen LogP contribution in [0, 0.1) is 5.82 Å². The van der Waals surface area contributed by atoms with Gasteiger partial charge in [0.2, 0.25) is 5.43 Å². The minimum absolute atomic E-state index is 0.0288. The molecule has 1 aromatic carbocycles. The first-order valence-electron chi connectivity index (χ1n) is 10.1. The third-order valence-corrected chi connectivity index (χ3v) is 6.57. The molecule has 1 saturated heterocycles. The van der Waals surface area contributed by atoms with Crippen LogP contribution in [0.2, 0.25) is 0 Å². The molecule has 1 saturated carbocycles. The molecule has 3 aliphatic rings. The highest BCUT2D eigenvalue weighted by atomic mass is 19.1. The predicted molar refractivity (Wildman–Crippen MR) is 105 cm³/mol. The van der Waals surface area contributed by atoms with E-state index >= 15 is 4.39 Å². The van der Waals surface area contributed by atoms with Crippen molar-refractivity contribution in [3.05, 3.63) is 39.4 Å². The van der Waals surface area contributed by atoms with Crippen LogP contribution in [0.3, 0.4) is 0 Å². The third kappa shape index (κ3) is 2.56. The van der Waals surface area contributed by atoms with Crippen LogP contribution in [0.1, 0.15) is 60.5 Å². The van der Waals surface area contributed by atoms with Crippen LogP contribution >= 0.6 is 0 Å². The van der Waals surface area contributed by atoms with Crippen molar-refractivity contribution in [1.29, 1.82) is 0 Å². The quantitative estimate of drug-likeness (QED) is 0.830. The van der Waals surface area contributed by atoms with Gasteiger partial charge >= 0.3 is 5.97 Å². The maximum absolute atomic E-state index is 15.4. The number of aryl methyl sites for hydroxylation is 1. The first kappa shape index (κ1) is 17.7. The van der Waals surface area contributed by atoms with Crippen LogP contribution < -0.4 is 16.1 Å². The van der Waals surface area contributed by atoms with Gasteiger partial charge in [0, 0.05) is 41.8 Å². The summed E-state index contributed by atoms with van der Waals surface area (Å²) in [6.07, 6.45) is 7.73. The Labute approximate surface area is 161 Å². The van der Waals surface area contributed by atoms with Gasteiger partial charge < -0.3 is 20.3 Å². The van der Waals surface area contributed by atoms with Crippen molar-refractivity contribution < 1.29 is 14.3 Å².